The van der Waals surface area contributed by atoms with Crippen LogP contribution >= 0.6 is 0 Å². The average Bonchev–Trinajstić information content (AvgIpc) is 2.74. The Hall–Kier alpha value is -3.30. The van der Waals surface area contributed by atoms with Crippen LogP contribution in [-0.4, -0.2) is 23.5 Å². The summed E-state index contributed by atoms with van der Waals surface area (Å²) in [5.74, 6) is -0.224. The van der Waals surface area contributed by atoms with Gasteiger partial charge in [0.25, 0.3) is 0 Å². The number of benzene rings is 1. The Morgan fingerprint density at radius 2 is 1.59 bits per heavy atom. The Balaban J connectivity index is 2.89. The highest BCUT2D eigenvalue weighted by molar-refractivity contribution is 6.01. The van der Waals surface area contributed by atoms with Gasteiger partial charge in [0.2, 0.25) is 17.8 Å². The number of carbonyl (C=O) groups is 1. The van der Waals surface area contributed by atoms with Gasteiger partial charge in [0.15, 0.2) is 0 Å². The highest BCUT2D eigenvalue weighted by atomic mass is 16.1. The van der Waals surface area contributed by atoms with Gasteiger partial charge in [0.1, 0.15) is 0 Å². The van der Waals surface area contributed by atoms with Crippen molar-refractivity contribution in [3.63, 3.8) is 0 Å². The van der Waals surface area contributed by atoms with Crippen molar-refractivity contribution in [2.45, 2.75) is 78.2 Å². The van der Waals surface area contributed by atoms with E-state index >= 15 is 0 Å². The fourth-order valence-corrected chi connectivity index (χ4v) is 3.09. The van der Waals surface area contributed by atoms with Crippen molar-refractivity contribution in [1.82, 2.24) is 5.43 Å². The second-order valence-corrected chi connectivity index (χ2v) is 7.86. The minimum atomic E-state index is -0.216. The molecule has 10 nitrogen and oxygen atoms in total. The molecule has 0 spiro atoms. The van der Waals surface area contributed by atoms with E-state index in [-0.39, 0.29) is 23.9 Å². The van der Waals surface area contributed by atoms with Crippen molar-refractivity contribution in [3.05, 3.63) is 29.3 Å². The van der Waals surface area contributed by atoms with Gasteiger partial charge in [-0.2, -0.15) is 5.10 Å². The Morgan fingerprint density at radius 1 is 0.938 bits per heavy atom. The highest BCUT2D eigenvalue weighted by Crippen LogP contribution is 2.22. The van der Waals surface area contributed by atoms with Crippen molar-refractivity contribution in [2.24, 2.45) is 38.2 Å². The fourth-order valence-electron chi connectivity index (χ4n) is 3.09. The van der Waals surface area contributed by atoms with Crippen molar-refractivity contribution < 1.29 is 4.79 Å². The summed E-state index contributed by atoms with van der Waals surface area (Å²) in [6.45, 7) is 5.89. The van der Waals surface area contributed by atoms with E-state index in [1.54, 1.807) is 6.92 Å². The zero-order chi connectivity index (χ0) is 23.9. The molecule has 0 aromatic heterocycles. The Labute approximate surface area is 191 Å². The number of carbonyl (C=O) groups excluding carboxylic acids is 1. The molecule has 0 heterocycles. The molecular weight excluding hydrogens is 406 g/mol. The predicted molar refractivity (Wildman–Crippen MR) is 133 cm³/mol. The van der Waals surface area contributed by atoms with Crippen LogP contribution in [0.25, 0.3) is 0 Å². The smallest absolute Gasteiger partial charge is 0.224 e. The number of hydrazone groups is 1. The maximum atomic E-state index is 12.5. The lowest BCUT2D eigenvalue weighted by Gasteiger charge is -2.16. The summed E-state index contributed by atoms with van der Waals surface area (Å²) >= 11 is 0. The predicted octanol–water partition coefficient (Wildman–Crippen LogP) is 2.60. The van der Waals surface area contributed by atoms with Crippen LogP contribution in [-0.2, 0) is 4.79 Å². The van der Waals surface area contributed by atoms with E-state index in [1.165, 1.54) is 32.1 Å². The summed E-state index contributed by atoms with van der Waals surface area (Å²) in [4.78, 5) is 12.5. The SMILES string of the molecule is CCCCCCCCCC(=O)Nc1cc(C(C)=NN=C(N)N)cc(C(C)NN=C(N)N)c1. The van der Waals surface area contributed by atoms with Gasteiger partial charge in [-0.3, -0.25) is 10.2 Å². The van der Waals surface area contributed by atoms with Crippen molar-refractivity contribution in [1.29, 1.82) is 0 Å². The molecule has 0 radical (unpaired) electrons. The van der Waals surface area contributed by atoms with Crippen LogP contribution in [0.4, 0.5) is 5.69 Å². The average molecular weight is 446 g/mol. The minimum Gasteiger partial charge on any atom is -0.369 e. The standard InChI is InChI=1S/C22H39N9O/c1-4-5-6-7-8-9-10-11-20(32)27-19-13-17(15(2)28-30-21(23)24)12-18(14-19)16(3)29-31-22(25)26/h12-15,28H,4-11H2,1-3H3,(H,27,32)(H4,23,24,30)(H4,25,26,31). The molecule has 0 bridgehead atoms. The topological polar surface area (TPSA) is 182 Å². The molecule has 0 fully saturated rings. The van der Waals surface area contributed by atoms with Gasteiger partial charge in [-0.25, -0.2) is 0 Å². The summed E-state index contributed by atoms with van der Waals surface area (Å²) in [5, 5.41) is 14.6. The zero-order valence-electron chi connectivity index (χ0n) is 19.5. The monoisotopic (exact) mass is 445 g/mol. The number of nitrogens with one attached hydrogen (secondary N) is 2. The van der Waals surface area contributed by atoms with Crippen LogP contribution in [0.5, 0.6) is 0 Å². The lowest BCUT2D eigenvalue weighted by molar-refractivity contribution is -0.116. The van der Waals surface area contributed by atoms with Crippen molar-refractivity contribution >= 4 is 29.2 Å². The van der Waals surface area contributed by atoms with Crippen LogP contribution in [0.15, 0.2) is 33.5 Å². The van der Waals surface area contributed by atoms with Gasteiger partial charge in [0.05, 0.1) is 11.8 Å². The Morgan fingerprint density at radius 3 is 2.22 bits per heavy atom. The molecule has 10 N–H and O–H groups in total. The number of nitrogens with two attached hydrogens (primary N) is 4. The largest absolute Gasteiger partial charge is 0.369 e. The second kappa shape index (κ2) is 14.7. The van der Waals surface area contributed by atoms with E-state index < -0.39 is 0 Å². The number of hydrogen-bond acceptors (Lipinski definition) is 5. The third kappa shape index (κ3) is 11.2. The molecule has 0 saturated heterocycles. The van der Waals surface area contributed by atoms with Crippen molar-refractivity contribution in [3.8, 4) is 0 Å². The van der Waals surface area contributed by atoms with Crippen LogP contribution in [0.2, 0.25) is 0 Å². The maximum Gasteiger partial charge on any atom is 0.224 e. The number of guanidine groups is 2. The number of rotatable bonds is 14. The summed E-state index contributed by atoms with van der Waals surface area (Å²) in [5.41, 5.74) is 27.3. The van der Waals surface area contributed by atoms with Crippen LogP contribution in [0, 0.1) is 0 Å². The molecule has 178 valence electrons. The molecule has 32 heavy (non-hydrogen) atoms. The first-order valence-corrected chi connectivity index (χ1v) is 11.2. The Kier molecular flexibility index (Phi) is 12.2. The molecule has 1 atom stereocenters. The van der Waals surface area contributed by atoms with E-state index in [1.807, 2.05) is 25.1 Å². The Bertz CT molecular complexity index is 810. The minimum absolute atomic E-state index is 0.0229. The first-order chi connectivity index (χ1) is 15.2. The highest BCUT2D eigenvalue weighted by Gasteiger charge is 2.11. The number of nitrogens with zero attached hydrogens (tertiary/aromatic N) is 3. The number of unbranched alkanes of at least 4 members (excludes halogenated alkanes) is 6. The molecular formula is C22H39N9O. The molecule has 0 aliphatic heterocycles. The summed E-state index contributed by atoms with van der Waals surface area (Å²) in [6, 6.07) is 5.40. The lowest BCUT2D eigenvalue weighted by Crippen LogP contribution is -2.27. The molecule has 0 aliphatic rings. The summed E-state index contributed by atoms with van der Waals surface area (Å²) in [6.07, 6.45) is 8.60. The zero-order valence-corrected chi connectivity index (χ0v) is 19.5. The maximum absolute atomic E-state index is 12.5. The van der Waals surface area contributed by atoms with E-state index in [0.29, 0.717) is 17.8 Å². The second-order valence-electron chi connectivity index (χ2n) is 7.86. The normalized spacial score (nSPS) is 12.0. The molecule has 1 rings (SSSR count). The van der Waals surface area contributed by atoms with Gasteiger partial charge >= 0.3 is 0 Å². The molecule has 0 saturated carbocycles. The van der Waals surface area contributed by atoms with Crippen LogP contribution < -0.4 is 33.7 Å². The van der Waals surface area contributed by atoms with Crippen LogP contribution in [0.1, 0.15) is 89.3 Å². The number of hydrogen-bond donors (Lipinski definition) is 6. The molecule has 1 aromatic carbocycles. The number of amides is 1. The van der Waals surface area contributed by atoms with Crippen molar-refractivity contribution in [2.75, 3.05) is 5.32 Å². The summed E-state index contributed by atoms with van der Waals surface area (Å²) < 4.78 is 0. The van der Waals surface area contributed by atoms with Gasteiger partial charge in [-0.1, -0.05) is 45.4 Å². The first kappa shape index (κ1) is 26.7. The molecule has 10 heteroatoms. The van der Waals surface area contributed by atoms with E-state index in [2.05, 4.69) is 33.0 Å². The van der Waals surface area contributed by atoms with Gasteiger partial charge in [0, 0.05) is 12.1 Å². The van der Waals surface area contributed by atoms with E-state index in [0.717, 1.165) is 24.0 Å². The molecule has 1 amide bonds. The third-order valence-corrected chi connectivity index (χ3v) is 4.87. The lowest BCUT2D eigenvalue weighted by atomic mass is 10.0. The van der Waals surface area contributed by atoms with E-state index in [4.69, 9.17) is 22.9 Å². The quantitative estimate of drug-likeness (QED) is 0.111. The molecule has 1 aromatic rings. The first-order valence-electron chi connectivity index (χ1n) is 11.2. The third-order valence-electron chi connectivity index (χ3n) is 4.87. The van der Waals surface area contributed by atoms with Gasteiger partial charge < -0.3 is 28.3 Å². The fraction of sp³-hybridized carbons (Fsp3) is 0.545. The molecule has 0 aliphatic carbocycles. The van der Waals surface area contributed by atoms with Crippen LogP contribution in [0.3, 0.4) is 0 Å². The molecule has 1 unspecified atom stereocenters. The van der Waals surface area contributed by atoms with E-state index in [9.17, 15) is 4.79 Å². The summed E-state index contributed by atoms with van der Waals surface area (Å²) in [7, 11) is 0. The van der Waals surface area contributed by atoms with Gasteiger partial charge in [-0.15, -0.1) is 10.2 Å². The number of anilines is 1. The van der Waals surface area contributed by atoms with Gasteiger partial charge in [-0.05, 0) is 49.6 Å².